The van der Waals surface area contributed by atoms with Gasteiger partial charge >= 0.3 is 0 Å². The molecule has 1 atom stereocenters. The van der Waals surface area contributed by atoms with Gasteiger partial charge in [-0.3, -0.25) is 0 Å². The van der Waals surface area contributed by atoms with Gasteiger partial charge in [-0.05, 0) is 24.6 Å². The van der Waals surface area contributed by atoms with Crippen molar-refractivity contribution in [2.24, 2.45) is 0 Å². The van der Waals surface area contributed by atoms with Crippen molar-refractivity contribution in [1.29, 1.82) is 0 Å². The van der Waals surface area contributed by atoms with E-state index in [1.54, 1.807) is 6.92 Å². The van der Waals surface area contributed by atoms with Gasteiger partial charge in [0.25, 0.3) is 0 Å². The van der Waals surface area contributed by atoms with Gasteiger partial charge in [0, 0.05) is 23.2 Å². The summed E-state index contributed by atoms with van der Waals surface area (Å²) in [6.45, 7) is 10.8. The Bertz CT molecular complexity index is 391. The van der Waals surface area contributed by atoms with Crippen molar-refractivity contribution >= 4 is 21.6 Å². The van der Waals surface area contributed by atoms with E-state index in [4.69, 9.17) is 0 Å². The maximum Gasteiger partial charge on any atom is 0.0772 e. The monoisotopic (exact) mass is 295 g/mol. The molecule has 1 aromatic rings. The van der Waals surface area contributed by atoms with Crippen LogP contribution >= 0.6 is 15.9 Å². The lowest BCUT2D eigenvalue weighted by Gasteiger charge is -2.22. The van der Waals surface area contributed by atoms with Crippen molar-refractivity contribution in [1.82, 2.24) is 0 Å². The lowest BCUT2D eigenvalue weighted by molar-refractivity contribution is 0.198. The summed E-state index contributed by atoms with van der Waals surface area (Å²) in [6.07, 6.45) is 3.26. The van der Waals surface area contributed by atoms with Crippen molar-refractivity contribution in [3.05, 3.63) is 53.5 Å². The van der Waals surface area contributed by atoms with Crippen molar-refractivity contribution in [2.45, 2.75) is 13.0 Å². The molecule has 0 aliphatic rings. The minimum absolute atomic E-state index is 0.467. The number of hydrogen-bond acceptors (Lipinski definition) is 2. The molecule has 1 aromatic carbocycles. The van der Waals surface area contributed by atoms with Crippen LogP contribution in [0.2, 0.25) is 0 Å². The van der Waals surface area contributed by atoms with Crippen LogP contribution in [0.4, 0.5) is 5.69 Å². The molecule has 1 N–H and O–H groups in total. The normalized spacial score (nSPS) is 11.9. The Morgan fingerprint density at radius 1 is 1.35 bits per heavy atom. The Hall–Kier alpha value is -1.06. The standard InChI is InChI=1S/C14H18BrNO/c1-4-8-16(9-5-2)12-6-7-13(11(3)17)14(15)10-12/h4-7,10-11,17H,1-2,8-9H2,3H3/t11-/m1/s1. The molecule has 0 radical (unpaired) electrons. The number of anilines is 1. The summed E-state index contributed by atoms with van der Waals surface area (Å²) in [7, 11) is 0. The first-order valence-electron chi connectivity index (χ1n) is 5.54. The van der Waals surface area contributed by atoms with Gasteiger partial charge in [0.15, 0.2) is 0 Å². The Morgan fingerprint density at radius 2 is 1.94 bits per heavy atom. The summed E-state index contributed by atoms with van der Waals surface area (Å²) in [4.78, 5) is 2.15. The summed E-state index contributed by atoms with van der Waals surface area (Å²) < 4.78 is 0.920. The average molecular weight is 296 g/mol. The molecule has 0 saturated carbocycles. The van der Waals surface area contributed by atoms with Crippen LogP contribution in [0.5, 0.6) is 0 Å². The second-order valence-corrected chi connectivity index (χ2v) is 4.72. The molecule has 2 nitrogen and oxygen atoms in total. The van der Waals surface area contributed by atoms with E-state index >= 15 is 0 Å². The molecule has 0 aliphatic carbocycles. The van der Waals surface area contributed by atoms with E-state index in [-0.39, 0.29) is 0 Å². The highest BCUT2D eigenvalue weighted by Crippen LogP contribution is 2.28. The van der Waals surface area contributed by atoms with Gasteiger partial charge < -0.3 is 10.0 Å². The van der Waals surface area contributed by atoms with Crippen LogP contribution in [-0.2, 0) is 0 Å². The highest BCUT2D eigenvalue weighted by molar-refractivity contribution is 9.10. The van der Waals surface area contributed by atoms with Gasteiger partial charge in [0.2, 0.25) is 0 Å². The minimum Gasteiger partial charge on any atom is -0.389 e. The predicted molar refractivity (Wildman–Crippen MR) is 77.4 cm³/mol. The smallest absolute Gasteiger partial charge is 0.0772 e. The first-order chi connectivity index (χ1) is 8.10. The van der Waals surface area contributed by atoms with Crippen LogP contribution in [0.3, 0.4) is 0 Å². The fourth-order valence-electron chi connectivity index (χ4n) is 1.65. The molecule has 0 unspecified atom stereocenters. The van der Waals surface area contributed by atoms with Crippen LogP contribution in [0.15, 0.2) is 48.0 Å². The summed E-state index contributed by atoms with van der Waals surface area (Å²) in [5, 5.41) is 9.56. The minimum atomic E-state index is -0.467. The average Bonchev–Trinajstić information content (AvgIpc) is 2.28. The zero-order chi connectivity index (χ0) is 12.8. The Morgan fingerprint density at radius 3 is 2.35 bits per heavy atom. The number of rotatable bonds is 6. The lowest BCUT2D eigenvalue weighted by Crippen LogP contribution is -2.23. The molecule has 0 fully saturated rings. The quantitative estimate of drug-likeness (QED) is 0.809. The molecule has 0 aromatic heterocycles. The largest absolute Gasteiger partial charge is 0.389 e. The van der Waals surface area contributed by atoms with Crippen LogP contribution < -0.4 is 4.90 Å². The summed E-state index contributed by atoms with van der Waals surface area (Å²) in [5.41, 5.74) is 1.98. The second-order valence-electron chi connectivity index (χ2n) is 3.86. The van der Waals surface area contributed by atoms with Gasteiger partial charge in [-0.2, -0.15) is 0 Å². The fourth-order valence-corrected chi connectivity index (χ4v) is 2.35. The molecule has 0 bridgehead atoms. The molecular weight excluding hydrogens is 278 g/mol. The van der Waals surface area contributed by atoms with Crippen LogP contribution in [0.1, 0.15) is 18.6 Å². The molecular formula is C14H18BrNO. The van der Waals surface area contributed by atoms with Gasteiger partial charge in [-0.1, -0.05) is 34.1 Å². The van der Waals surface area contributed by atoms with Gasteiger partial charge in [-0.15, -0.1) is 13.2 Å². The summed E-state index contributed by atoms with van der Waals surface area (Å²) in [5.74, 6) is 0. The topological polar surface area (TPSA) is 23.5 Å². The Labute approximate surface area is 111 Å². The zero-order valence-corrected chi connectivity index (χ0v) is 11.7. The highest BCUT2D eigenvalue weighted by Gasteiger charge is 2.09. The summed E-state index contributed by atoms with van der Waals surface area (Å²) in [6, 6.07) is 5.94. The third-order valence-corrected chi connectivity index (χ3v) is 3.19. The maximum atomic E-state index is 9.56. The Kier molecular flexibility index (Phi) is 5.45. The van der Waals surface area contributed by atoms with E-state index in [2.05, 4.69) is 34.0 Å². The van der Waals surface area contributed by atoms with Gasteiger partial charge in [0.1, 0.15) is 0 Å². The van der Waals surface area contributed by atoms with E-state index in [1.165, 1.54) is 0 Å². The highest BCUT2D eigenvalue weighted by atomic mass is 79.9. The molecule has 0 saturated heterocycles. The molecule has 0 spiro atoms. The predicted octanol–water partition coefficient (Wildman–Crippen LogP) is 3.68. The van der Waals surface area contributed by atoms with Crippen LogP contribution in [0.25, 0.3) is 0 Å². The number of hydrogen-bond donors (Lipinski definition) is 1. The van der Waals surface area contributed by atoms with E-state index < -0.39 is 6.10 Å². The SMILES string of the molecule is C=CCN(CC=C)c1ccc([C@@H](C)O)c(Br)c1. The molecule has 17 heavy (non-hydrogen) atoms. The Balaban J connectivity index is 3.00. The van der Waals surface area contributed by atoms with E-state index in [0.29, 0.717) is 0 Å². The first kappa shape index (κ1) is 14.0. The lowest BCUT2D eigenvalue weighted by atomic mass is 10.1. The van der Waals surface area contributed by atoms with Crippen molar-refractivity contribution in [3.8, 4) is 0 Å². The third-order valence-electron chi connectivity index (χ3n) is 2.50. The molecule has 0 heterocycles. The summed E-state index contributed by atoms with van der Waals surface area (Å²) >= 11 is 3.48. The maximum absolute atomic E-state index is 9.56. The van der Waals surface area contributed by atoms with Crippen molar-refractivity contribution in [2.75, 3.05) is 18.0 Å². The molecule has 0 aliphatic heterocycles. The first-order valence-corrected chi connectivity index (χ1v) is 6.33. The van der Waals surface area contributed by atoms with Crippen molar-refractivity contribution < 1.29 is 5.11 Å². The number of nitrogens with zero attached hydrogens (tertiary/aromatic N) is 1. The number of aliphatic hydroxyl groups excluding tert-OH is 1. The molecule has 92 valence electrons. The number of halogens is 1. The molecule has 3 heteroatoms. The van der Waals surface area contributed by atoms with Gasteiger partial charge in [0.05, 0.1) is 6.10 Å². The zero-order valence-electron chi connectivity index (χ0n) is 10.1. The fraction of sp³-hybridized carbons (Fsp3) is 0.286. The number of aliphatic hydroxyl groups is 1. The van der Waals surface area contributed by atoms with E-state index in [1.807, 2.05) is 30.4 Å². The van der Waals surface area contributed by atoms with Crippen LogP contribution in [0, 0.1) is 0 Å². The van der Waals surface area contributed by atoms with E-state index in [0.717, 1.165) is 28.8 Å². The number of benzene rings is 1. The third kappa shape index (κ3) is 3.72. The molecule has 0 amide bonds. The van der Waals surface area contributed by atoms with Gasteiger partial charge in [-0.25, -0.2) is 0 Å². The van der Waals surface area contributed by atoms with Crippen molar-refractivity contribution in [3.63, 3.8) is 0 Å². The second kappa shape index (κ2) is 6.62. The van der Waals surface area contributed by atoms with Crippen LogP contribution in [-0.4, -0.2) is 18.2 Å². The molecule has 1 rings (SSSR count). The van der Waals surface area contributed by atoms with E-state index in [9.17, 15) is 5.11 Å².